The van der Waals surface area contributed by atoms with Crippen molar-refractivity contribution in [2.75, 3.05) is 6.61 Å². The van der Waals surface area contributed by atoms with Crippen LogP contribution in [0.3, 0.4) is 0 Å². The van der Waals surface area contributed by atoms with Crippen molar-refractivity contribution in [2.45, 2.75) is 23.9 Å². The van der Waals surface area contributed by atoms with Crippen LogP contribution in [-0.4, -0.2) is 33.0 Å². The Bertz CT molecular complexity index is 662. The van der Waals surface area contributed by atoms with Gasteiger partial charge < -0.3 is 5.32 Å². The molecule has 1 heterocycles. The lowest BCUT2D eigenvalue weighted by Gasteiger charge is -2.32. The minimum absolute atomic E-state index is 0.0362. The van der Waals surface area contributed by atoms with Crippen molar-refractivity contribution in [1.82, 2.24) is 5.32 Å². The normalized spacial score (nSPS) is 21.6. The molecule has 106 valence electrons. The number of β-lactam (4-membered cyclic amide) rings is 1. The van der Waals surface area contributed by atoms with E-state index in [0.717, 1.165) is 5.56 Å². The van der Waals surface area contributed by atoms with Gasteiger partial charge in [0.1, 0.15) is 6.04 Å². The number of amides is 1. The molecule has 1 aliphatic rings. The summed E-state index contributed by atoms with van der Waals surface area (Å²) in [6, 6.07) is 4.64. The van der Waals surface area contributed by atoms with E-state index in [4.69, 9.17) is 9.71 Å². The minimum Gasteiger partial charge on any atom is -0.350 e. The number of carbonyl (C=O) groups excluding carboxylic acids is 1. The Morgan fingerprint density at radius 1 is 1.40 bits per heavy atom. The lowest BCUT2D eigenvalue weighted by molar-refractivity contribution is -0.131. The lowest BCUT2D eigenvalue weighted by Crippen LogP contribution is -2.63. The Hall–Kier alpha value is -2.09. The van der Waals surface area contributed by atoms with Gasteiger partial charge in [-0.25, -0.2) is 0 Å². The number of carbonyl (C=O) groups is 1. The molecular formula is C11H12N4O4S. The molecule has 2 rings (SSSR count). The highest BCUT2D eigenvalue weighted by atomic mass is 32.2. The number of aryl methyl sites for hydroxylation is 1. The van der Waals surface area contributed by atoms with Crippen LogP contribution in [0.2, 0.25) is 0 Å². The molecule has 1 saturated heterocycles. The number of hydrogen-bond acceptors (Lipinski definition) is 5. The second kappa shape index (κ2) is 5.49. The average Bonchev–Trinajstić information content (AvgIpc) is 2.41. The summed E-state index contributed by atoms with van der Waals surface area (Å²) in [6.07, 6.45) is 0. The summed E-state index contributed by atoms with van der Waals surface area (Å²) >= 11 is 0. The van der Waals surface area contributed by atoms with Gasteiger partial charge in [0.2, 0.25) is 5.91 Å². The minimum atomic E-state index is -3.89. The third-order valence-corrected chi connectivity index (χ3v) is 4.16. The number of hydrogen-bond donors (Lipinski definition) is 1. The van der Waals surface area contributed by atoms with Crippen LogP contribution < -0.4 is 5.32 Å². The monoisotopic (exact) mass is 296 g/mol. The van der Waals surface area contributed by atoms with E-state index in [2.05, 4.69) is 15.3 Å². The number of nitrogens with zero attached hydrogens (tertiary/aromatic N) is 3. The van der Waals surface area contributed by atoms with Gasteiger partial charge in [0, 0.05) is 4.91 Å². The predicted octanol–water partition coefficient (Wildman–Crippen LogP) is 0.878. The van der Waals surface area contributed by atoms with Crippen molar-refractivity contribution in [3.8, 4) is 0 Å². The van der Waals surface area contributed by atoms with Crippen molar-refractivity contribution in [3.05, 3.63) is 40.3 Å². The molecule has 0 aliphatic carbocycles. The molecule has 1 amide bonds. The van der Waals surface area contributed by atoms with E-state index in [1.165, 1.54) is 12.1 Å². The maximum atomic E-state index is 11.9. The standard InChI is InChI=1S/C11H12N4O4S/c1-7-2-4-8(5-3-7)20(17,18)19-6-9-10(14-15-12)11(16)13-9/h2-5,9-10H,6H2,1H3,(H,13,16). The van der Waals surface area contributed by atoms with E-state index in [-0.39, 0.29) is 11.5 Å². The molecular weight excluding hydrogens is 284 g/mol. The molecule has 8 nitrogen and oxygen atoms in total. The first-order valence-electron chi connectivity index (χ1n) is 5.75. The molecule has 2 atom stereocenters. The second-order valence-corrected chi connectivity index (χ2v) is 5.93. The van der Waals surface area contributed by atoms with E-state index in [9.17, 15) is 13.2 Å². The third kappa shape index (κ3) is 2.90. The number of rotatable bonds is 5. The summed E-state index contributed by atoms with van der Waals surface area (Å²) in [6.45, 7) is 1.57. The van der Waals surface area contributed by atoms with Crippen LogP contribution in [0, 0.1) is 6.92 Å². The third-order valence-electron chi connectivity index (χ3n) is 2.87. The van der Waals surface area contributed by atoms with Crippen molar-refractivity contribution >= 4 is 16.0 Å². The summed E-state index contributed by atoms with van der Waals surface area (Å²) in [4.78, 5) is 13.6. The summed E-state index contributed by atoms with van der Waals surface area (Å²) in [7, 11) is -3.89. The zero-order chi connectivity index (χ0) is 14.8. The SMILES string of the molecule is Cc1ccc(S(=O)(=O)OCC2NC(=O)C2N=[N+]=[N-])cc1. The molecule has 1 fully saturated rings. The number of nitrogens with one attached hydrogen (secondary N) is 1. The van der Waals surface area contributed by atoms with Gasteiger partial charge in [-0.2, -0.15) is 8.42 Å². The first kappa shape index (κ1) is 14.3. The predicted molar refractivity (Wildman–Crippen MR) is 69.2 cm³/mol. The highest BCUT2D eigenvalue weighted by Crippen LogP contribution is 2.17. The van der Waals surface area contributed by atoms with Gasteiger partial charge in [-0.3, -0.25) is 8.98 Å². The first-order chi connectivity index (χ1) is 9.44. The summed E-state index contributed by atoms with van der Waals surface area (Å²) in [5, 5.41) is 5.69. The van der Waals surface area contributed by atoms with Gasteiger partial charge in [-0.15, -0.1) is 0 Å². The maximum absolute atomic E-state index is 11.9. The van der Waals surface area contributed by atoms with Crippen LogP contribution in [0.1, 0.15) is 5.56 Å². The Labute approximate surface area is 115 Å². The molecule has 1 aromatic carbocycles. The molecule has 2 unspecified atom stereocenters. The molecule has 0 bridgehead atoms. The Balaban J connectivity index is 2.01. The van der Waals surface area contributed by atoms with Crippen molar-refractivity contribution in [1.29, 1.82) is 0 Å². The van der Waals surface area contributed by atoms with Crippen molar-refractivity contribution < 1.29 is 17.4 Å². The molecule has 0 spiro atoms. The summed E-state index contributed by atoms with van der Waals surface area (Å²) < 4.78 is 28.6. The smallest absolute Gasteiger partial charge is 0.297 e. The molecule has 1 aliphatic heterocycles. The fourth-order valence-electron chi connectivity index (χ4n) is 1.69. The van der Waals surface area contributed by atoms with Crippen LogP contribution in [0.5, 0.6) is 0 Å². The van der Waals surface area contributed by atoms with Gasteiger partial charge >= 0.3 is 0 Å². The Morgan fingerprint density at radius 2 is 2.05 bits per heavy atom. The summed E-state index contributed by atoms with van der Waals surface area (Å²) in [5.74, 6) is -0.441. The molecule has 1 aromatic rings. The Kier molecular flexibility index (Phi) is 3.93. The molecule has 0 aromatic heterocycles. The van der Waals surface area contributed by atoms with Crippen LogP contribution >= 0.6 is 0 Å². The fourth-order valence-corrected chi connectivity index (χ4v) is 2.62. The number of azide groups is 1. The van der Waals surface area contributed by atoms with E-state index < -0.39 is 28.1 Å². The molecule has 0 radical (unpaired) electrons. The molecule has 9 heteroatoms. The maximum Gasteiger partial charge on any atom is 0.297 e. The van der Waals surface area contributed by atoms with Gasteiger partial charge in [0.15, 0.2) is 0 Å². The van der Waals surface area contributed by atoms with Gasteiger partial charge in [0.05, 0.1) is 17.5 Å². The van der Waals surface area contributed by atoms with E-state index >= 15 is 0 Å². The zero-order valence-corrected chi connectivity index (χ0v) is 11.4. The summed E-state index contributed by atoms with van der Waals surface area (Å²) in [5.41, 5.74) is 9.22. The van der Waals surface area contributed by atoms with E-state index in [1.807, 2.05) is 6.92 Å². The first-order valence-corrected chi connectivity index (χ1v) is 7.15. The van der Waals surface area contributed by atoms with Crippen LogP contribution in [0.15, 0.2) is 34.3 Å². The van der Waals surface area contributed by atoms with Crippen molar-refractivity contribution in [2.24, 2.45) is 5.11 Å². The van der Waals surface area contributed by atoms with Crippen LogP contribution in [0.25, 0.3) is 10.4 Å². The average molecular weight is 296 g/mol. The van der Waals surface area contributed by atoms with Gasteiger partial charge in [-0.1, -0.05) is 22.8 Å². The van der Waals surface area contributed by atoms with Crippen LogP contribution in [0.4, 0.5) is 0 Å². The molecule has 20 heavy (non-hydrogen) atoms. The zero-order valence-electron chi connectivity index (χ0n) is 10.6. The van der Waals surface area contributed by atoms with Crippen molar-refractivity contribution in [3.63, 3.8) is 0 Å². The van der Waals surface area contributed by atoms with E-state index in [1.54, 1.807) is 12.1 Å². The highest BCUT2D eigenvalue weighted by Gasteiger charge is 2.39. The molecule has 1 N–H and O–H groups in total. The van der Waals surface area contributed by atoms with Gasteiger partial charge in [-0.05, 0) is 24.6 Å². The highest BCUT2D eigenvalue weighted by molar-refractivity contribution is 7.86. The largest absolute Gasteiger partial charge is 0.350 e. The number of benzene rings is 1. The topological polar surface area (TPSA) is 121 Å². The molecule has 0 saturated carbocycles. The van der Waals surface area contributed by atoms with E-state index in [0.29, 0.717) is 0 Å². The quantitative estimate of drug-likeness (QED) is 0.285. The van der Waals surface area contributed by atoms with Gasteiger partial charge in [0.25, 0.3) is 10.1 Å². The second-order valence-electron chi connectivity index (χ2n) is 4.32. The lowest BCUT2D eigenvalue weighted by atomic mass is 10.0. The fraction of sp³-hybridized carbons (Fsp3) is 0.364. The van der Waals surface area contributed by atoms with Crippen LogP contribution in [-0.2, 0) is 19.1 Å². The Morgan fingerprint density at radius 3 is 2.60 bits per heavy atom.